The molecule has 1 aliphatic rings. The summed E-state index contributed by atoms with van der Waals surface area (Å²) in [7, 11) is 0.295. The van der Waals surface area contributed by atoms with Crippen LogP contribution >= 0.6 is 0 Å². The quantitative estimate of drug-likeness (QED) is 0.650. The van der Waals surface area contributed by atoms with Gasteiger partial charge in [-0.15, -0.1) is 0 Å². The molecular weight excluding hydrogens is 299 g/mol. The lowest BCUT2D eigenvalue weighted by Crippen LogP contribution is -2.28. The molecule has 0 saturated carbocycles. The van der Waals surface area contributed by atoms with Crippen LogP contribution in [-0.2, 0) is 14.2 Å². The van der Waals surface area contributed by atoms with E-state index in [1.807, 2.05) is 6.07 Å². The summed E-state index contributed by atoms with van der Waals surface area (Å²) in [5.74, 6) is 0.198. The number of aromatic nitrogens is 2. The van der Waals surface area contributed by atoms with Gasteiger partial charge in [-0.1, -0.05) is 6.07 Å². The number of hydrogen-bond acceptors (Lipinski definition) is 7. The second-order valence-electron chi connectivity index (χ2n) is 5.02. The van der Waals surface area contributed by atoms with Gasteiger partial charge in [-0.3, -0.25) is 4.79 Å². The van der Waals surface area contributed by atoms with E-state index in [0.717, 1.165) is 5.56 Å². The summed E-state index contributed by atoms with van der Waals surface area (Å²) in [6.45, 7) is 0. The van der Waals surface area contributed by atoms with Crippen molar-refractivity contribution in [1.29, 1.82) is 0 Å². The van der Waals surface area contributed by atoms with Crippen molar-refractivity contribution in [3.63, 3.8) is 0 Å². The number of nitrogens with zero attached hydrogens (tertiary/aromatic N) is 2. The second kappa shape index (κ2) is 6.76. The van der Waals surface area contributed by atoms with E-state index >= 15 is 0 Å². The van der Waals surface area contributed by atoms with Crippen LogP contribution in [0.1, 0.15) is 24.5 Å². The monoisotopic (exact) mass is 314 g/mol. The van der Waals surface area contributed by atoms with Crippen molar-refractivity contribution in [3.05, 3.63) is 42.2 Å². The molecule has 0 aliphatic carbocycles. The smallest absolute Gasteiger partial charge is 0.469 e. The van der Waals surface area contributed by atoms with Gasteiger partial charge in [0, 0.05) is 18.8 Å². The van der Waals surface area contributed by atoms with Crippen LogP contribution in [0.15, 0.2) is 36.7 Å². The maximum absolute atomic E-state index is 11.2. The number of methoxy groups -OCH3 is 1. The predicted molar refractivity (Wildman–Crippen MR) is 81.2 cm³/mol. The van der Waals surface area contributed by atoms with Gasteiger partial charge >= 0.3 is 19.1 Å². The van der Waals surface area contributed by atoms with E-state index in [4.69, 9.17) is 9.39 Å². The van der Waals surface area contributed by atoms with Crippen LogP contribution in [0.2, 0.25) is 0 Å². The third-order valence-electron chi connectivity index (χ3n) is 3.55. The molecule has 0 fully saturated rings. The Kier molecular flexibility index (Phi) is 4.54. The maximum atomic E-state index is 11.2. The number of hydrogen-bond donors (Lipinski definition) is 1. The molecule has 1 unspecified atom stereocenters. The van der Waals surface area contributed by atoms with Gasteiger partial charge in [0.1, 0.15) is 5.75 Å². The van der Waals surface area contributed by atoms with E-state index < -0.39 is 7.12 Å². The van der Waals surface area contributed by atoms with Gasteiger partial charge in [-0.05, 0) is 35.6 Å². The average Bonchev–Trinajstić information content (AvgIpc) is 2.89. The fourth-order valence-electron chi connectivity index (χ4n) is 2.44. The average molecular weight is 314 g/mol. The van der Waals surface area contributed by atoms with Gasteiger partial charge < -0.3 is 19.2 Å². The van der Waals surface area contributed by atoms with Gasteiger partial charge in [0.2, 0.25) is 0 Å². The molecule has 1 aromatic carbocycles. The summed E-state index contributed by atoms with van der Waals surface area (Å²) in [5, 5.41) is 10.0. The zero-order chi connectivity index (χ0) is 16.2. The van der Waals surface area contributed by atoms with Crippen molar-refractivity contribution in [2.75, 3.05) is 7.11 Å². The second-order valence-corrected chi connectivity index (χ2v) is 5.02. The zero-order valence-corrected chi connectivity index (χ0v) is 12.5. The summed E-state index contributed by atoms with van der Waals surface area (Å²) in [6, 6.07) is 7.17. The molecular formula is C15H15BN2O5. The number of esters is 1. The molecule has 0 amide bonds. The highest BCUT2D eigenvalue weighted by molar-refractivity contribution is 6.61. The van der Waals surface area contributed by atoms with Crippen LogP contribution in [0, 0.1) is 0 Å². The maximum Gasteiger partial charge on any atom is 0.492 e. The summed E-state index contributed by atoms with van der Waals surface area (Å²) < 4.78 is 15.7. The summed E-state index contributed by atoms with van der Waals surface area (Å²) in [4.78, 5) is 19.2. The molecule has 8 heteroatoms. The van der Waals surface area contributed by atoms with E-state index in [1.165, 1.54) is 7.11 Å². The van der Waals surface area contributed by atoms with Crippen molar-refractivity contribution in [2.45, 2.75) is 18.9 Å². The molecule has 23 heavy (non-hydrogen) atoms. The number of carbonyl (C=O) groups excluding carboxylic acids is 1. The fourth-order valence-corrected chi connectivity index (χ4v) is 2.44. The van der Waals surface area contributed by atoms with Crippen LogP contribution < -0.4 is 10.2 Å². The van der Waals surface area contributed by atoms with Crippen LogP contribution in [0.5, 0.6) is 11.8 Å². The lowest BCUT2D eigenvalue weighted by molar-refractivity contribution is -0.141. The highest BCUT2D eigenvalue weighted by Gasteiger charge is 2.35. The molecule has 118 valence electrons. The van der Waals surface area contributed by atoms with E-state index in [9.17, 15) is 9.82 Å². The van der Waals surface area contributed by atoms with Crippen molar-refractivity contribution < 1.29 is 23.9 Å². The van der Waals surface area contributed by atoms with Crippen LogP contribution in [0.4, 0.5) is 0 Å². The number of benzene rings is 1. The van der Waals surface area contributed by atoms with Crippen molar-refractivity contribution in [2.24, 2.45) is 0 Å². The van der Waals surface area contributed by atoms with Crippen molar-refractivity contribution in [1.82, 2.24) is 9.97 Å². The van der Waals surface area contributed by atoms with E-state index in [2.05, 4.69) is 14.7 Å². The number of fused-ring (bicyclic) bond motifs is 1. The highest BCUT2D eigenvalue weighted by Crippen LogP contribution is 2.30. The Morgan fingerprint density at radius 2 is 2.17 bits per heavy atom. The van der Waals surface area contributed by atoms with Gasteiger partial charge in [0.05, 0.1) is 13.2 Å². The molecule has 3 rings (SSSR count). The number of ether oxygens (including phenoxy) is 2. The SMILES string of the molecule is COC(=O)CCC1OB(O)c2cc(Oc3ncccn3)ccc21. The molecule has 0 radical (unpaired) electrons. The third kappa shape index (κ3) is 3.49. The molecule has 0 spiro atoms. The minimum Gasteiger partial charge on any atom is -0.469 e. The third-order valence-corrected chi connectivity index (χ3v) is 3.55. The van der Waals surface area contributed by atoms with Gasteiger partial charge in [-0.25, -0.2) is 9.97 Å². The highest BCUT2D eigenvalue weighted by atomic mass is 16.5. The Morgan fingerprint density at radius 1 is 1.39 bits per heavy atom. The molecule has 7 nitrogen and oxygen atoms in total. The minimum absolute atomic E-state index is 0.225. The lowest BCUT2D eigenvalue weighted by Gasteiger charge is -2.11. The Morgan fingerprint density at radius 3 is 2.91 bits per heavy atom. The van der Waals surface area contributed by atoms with Gasteiger partial charge in [-0.2, -0.15) is 0 Å². The van der Waals surface area contributed by atoms with Gasteiger partial charge in [0.15, 0.2) is 0 Å². The topological polar surface area (TPSA) is 90.8 Å². The fraction of sp³-hybridized carbons (Fsp3) is 0.267. The molecule has 1 atom stereocenters. The Bertz CT molecular complexity index is 698. The normalized spacial score (nSPS) is 16.1. The number of carbonyl (C=O) groups is 1. The van der Waals surface area contributed by atoms with Crippen LogP contribution in [0.3, 0.4) is 0 Å². The number of rotatable bonds is 5. The zero-order valence-electron chi connectivity index (χ0n) is 12.5. The molecule has 0 bridgehead atoms. The lowest BCUT2D eigenvalue weighted by atomic mass is 9.79. The Labute approximate surface area is 133 Å². The molecule has 2 heterocycles. The minimum atomic E-state index is -1.05. The van der Waals surface area contributed by atoms with E-state index in [-0.39, 0.29) is 24.5 Å². The molecule has 2 aromatic rings. The first kappa shape index (κ1) is 15.5. The molecule has 1 aliphatic heterocycles. The first-order chi connectivity index (χ1) is 11.2. The Hall–Kier alpha value is -2.45. The van der Waals surface area contributed by atoms with Crippen molar-refractivity contribution in [3.8, 4) is 11.8 Å². The van der Waals surface area contributed by atoms with Gasteiger partial charge in [0.25, 0.3) is 0 Å². The first-order valence-electron chi connectivity index (χ1n) is 7.16. The molecule has 1 N–H and O–H groups in total. The summed E-state index contributed by atoms with van der Waals surface area (Å²) in [5.41, 5.74) is 1.45. The summed E-state index contributed by atoms with van der Waals surface area (Å²) >= 11 is 0. The standard InChI is InChI=1S/C15H15BN2O5/c1-21-14(19)6-5-13-11-4-3-10(9-12(11)16(20)23-13)22-15-17-7-2-8-18-15/h2-4,7-9,13,20H,5-6H2,1H3. The Balaban J connectivity index is 1.75. The molecule has 1 aromatic heterocycles. The predicted octanol–water partition coefficient (Wildman–Crippen LogP) is 0.981. The first-order valence-corrected chi connectivity index (χ1v) is 7.16. The van der Waals surface area contributed by atoms with Crippen LogP contribution in [-0.4, -0.2) is 35.2 Å². The summed E-state index contributed by atoms with van der Waals surface area (Å²) in [6.07, 6.45) is 3.48. The van der Waals surface area contributed by atoms with Crippen molar-refractivity contribution >= 4 is 18.6 Å². The molecule has 0 saturated heterocycles. The largest absolute Gasteiger partial charge is 0.492 e. The van der Waals surface area contributed by atoms with E-state index in [0.29, 0.717) is 17.6 Å². The van der Waals surface area contributed by atoms with E-state index in [1.54, 1.807) is 30.6 Å². The van der Waals surface area contributed by atoms with Crippen LogP contribution in [0.25, 0.3) is 0 Å².